The third-order valence-corrected chi connectivity index (χ3v) is 4.22. The van der Waals surface area contributed by atoms with Gasteiger partial charge in [-0.1, -0.05) is 23.7 Å². The second kappa shape index (κ2) is 5.45. The van der Waals surface area contributed by atoms with E-state index in [1.54, 1.807) is 6.20 Å². The summed E-state index contributed by atoms with van der Waals surface area (Å²) in [5.74, 6) is 0. The van der Waals surface area contributed by atoms with Crippen LogP contribution >= 0.6 is 11.6 Å². The smallest absolute Gasteiger partial charge is 0.0720 e. The standard InChI is InChI=1S/C15H18ClN3/c1-11(19-8-6-17-7-9-19)12-2-3-13-14(16)4-5-18-15(13)10-12/h2-5,10-11,17H,6-9H2,1H3. The van der Waals surface area contributed by atoms with E-state index in [2.05, 4.69) is 40.3 Å². The van der Waals surface area contributed by atoms with E-state index < -0.39 is 0 Å². The van der Waals surface area contributed by atoms with Gasteiger partial charge in [-0.05, 0) is 24.6 Å². The van der Waals surface area contributed by atoms with Crippen molar-refractivity contribution in [2.24, 2.45) is 0 Å². The van der Waals surface area contributed by atoms with Gasteiger partial charge in [0, 0.05) is 43.8 Å². The van der Waals surface area contributed by atoms with Crippen LogP contribution in [0.25, 0.3) is 10.9 Å². The number of rotatable bonds is 2. The molecule has 19 heavy (non-hydrogen) atoms. The van der Waals surface area contributed by atoms with E-state index in [0.717, 1.165) is 42.1 Å². The Morgan fingerprint density at radius 2 is 2.05 bits per heavy atom. The molecular weight excluding hydrogens is 258 g/mol. The van der Waals surface area contributed by atoms with Crippen molar-refractivity contribution < 1.29 is 0 Å². The van der Waals surface area contributed by atoms with Gasteiger partial charge in [-0.3, -0.25) is 9.88 Å². The van der Waals surface area contributed by atoms with Crippen molar-refractivity contribution in [1.82, 2.24) is 15.2 Å². The molecule has 0 spiro atoms. The minimum atomic E-state index is 0.423. The lowest BCUT2D eigenvalue weighted by molar-refractivity contribution is 0.185. The third-order valence-electron chi connectivity index (χ3n) is 3.90. The molecule has 1 aromatic heterocycles. The monoisotopic (exact) mass is 275 g/mol. The second-order valence-electron chi connectivity index (χ2n) is 5.03. The van der Waals surface area contributed by atoms with Crippen molar-refractivity contribution in [3.05, 3.63) is 41.0 Å². The van der Waals surface area contributed by atoms with Crippen LogP contribution in [0.4, 0.5) is 0 Å². The normalized spacial score (nSPS) is 18.6. The summed E-state index contributed by atoms with van der Waals surface area (Å²) in [5, 5.41) is 5.18. The van der Waals surface area contributed by atoms with Crippen LogP contribution < -0.4 is 5.32 Å². The molecule has 4 heteroatoms. The quantitative estimate of drug-likeness (QED) is 0.914. The van der Waals surface area contributed by atoms with E-state index in [1.807, 2.05) is 6.07 Å². The Morgan fingerprint density at radius 3 is 2.84 bits per heavy atom. The van der Waals surface area contributed by atoms with Crippen molar-refractivity contribution in [3.8, 4) is 0 Å². The number of pyridine rings is 1. The van der Waals surface area contributed by atoms with Gasteiger partial charge in [0.2, 0.25) is 0 Å². The third kappa shape index (κ3) is 2.59. The summed E-state index contributed by atoms with van der Waals surface area (Å²) in [4.78, 5) is 6.92. The number of halogens is 1. The molecule has 1 unspecified atom stereocenters. The fraction of sp³-hybridized carbons (Fsp3) is 0.400. The summed E-state index contributed by atoms with van der Waals surface area (Å²) >= 11 is 6.18. The van der Waals surface area contributed by atoms with Crippen LogP contribution in [-0.4, -0.2) is 36.1 Å². The maximum absolute atomic E-state index is 6.18. The molecule has 1 saturated heterocycles. The van der Waals surface area contributed by atoms with Gasteiger partial charge in [0.05, 0.1) is 10.5 Å². The summed E-state index contributed by atoms with van der Waals surface area (Å²) in [5.41, 5.74) is 2.29. The largest absolute Gasteiger partial charge is 0.314 e. The summed E-state index contributed by atoms with van der Waals surface area (Å²) in [7, 11) is 0. The van der Waals surface area contributed by atoms with Crippen LogP contribution in [0.3, 0.4) is 0 Å². The molecule has 2 heterocycles. The van der Waals surface area contributed by atoms with Crippen LogP contribution in [0.1, 0.15) is 18.5 Å². The Bertz CT molecular complexity index is 579. The Hall–Kier alpha value is -1.16. The minimum absolute atomic E-state index is 0.423. The first-order valence-electron chi connectivity index (χ1n) is 6.74. The minimum Gasteiger partial charge on any atom is -0.314 e. The molecule has 100 valence electrons. The van der Waals surface area contributed by atoms with Gasteiger partial charge in [0.25, 0.3) is 0 Å². The highest BCUT2D eigenvalue weighted by molar-refractivity contribution is 6.35. The van der Waals surface area contributed by atoms with Crippen LogP contribution in [0.5, 0.6) is 0 Å². The van der Waals surface area contributed by atoms with E-state index in [4.69, 9.17) is 11.6 Å². The molecule has 0 radical (unpaired) electrons. The fourth-order valence-corrected chi connectivity index (χ4v) is 2.89. The zero-order chi connectivity index (χ0) is 13.2. The summed E-state index contributed by atoms with van der Waals surface area (Å²) in [6, 6.07) is 8.67. The highest BCUT2D eigenvalue weighted by Crippen LogP contribution is 2.27. The average molecular weight is 276 g/mol. The Balaban J connectivity index is 1.92. The zero-order valence-corrected chi connectivity index (χ0v) is 11.8. The number of nitrogens with one attached hydrogen (secondary N) is 1. The molecule has 0 amide bonds. The number of nitrogens with zero attached hydrogens (tertiary/aromatic N) is 2. The molecule has 1 aromatic carbocycles. The first-order valence-corrected chi connectivity index (χ1v) is 7.12. The average Bonchev–Trinajstić information content (AvgIpc) is 2.47. The fourth-order valence-electron chi connectivity index (χ4n) is 2.67. The van der Waals surface area contributed by atoms with Crippen LogP contribution in [0.15, 0.2) is 30.5 Å². The lowest BCUT2D eigenvalue weighted by Gasteiger charge is -2.33. The molecule has 0 aliphatic carbocycles. The predicted octanol–water partition coefficient (Wildman–Crippen LogP) is 2.85. The summed E-state index contributed by atoms with van der Waals surface area (Å²) < 4.78 is 0. The van der Waals surface area contributed by atoms with Crippen molar-refractivity contribution in [1.29, 1.82) is 0 Å². The van der Waals surface area contributed by atoms with Crippen molar-refractivity contribution in [2.75, 3.05) is 26.2 Å². The van der Waals surface area contributed by atoms with Crippen molar-refractivity contribution >= 4 is 22.5 Å². The predicted molar refractivity (Wildman–Crippen MR) is 79.6 cm³/mol. The Morgan fingerprint density at radius 1 is 1.26 bits per heavy atom. The highest BCUT2D eigenvalue weighted by atomic mass is 35.5. The van der Waals surface area contributed by atoms with E-state index in [-0.39, 0.29) is 0 Å². The molecule has 3 rings (SSSR count). The topological polar surface area (TPSA) is 28.2 Å². The molecule has 0 saturated carbocycles. The van der Waals surface area contributed by atoms with E-state index >= 15 is 0 Å². The maximum atomic E-state index is 6.18. The van der Waals surface area contributed by atoms with Crippen molar-refractivity contribution in [3.63, 3.8) is 0 Å². The van der Waals surface area contributed by atoms with Gasteiger partial charge in [-0.25, -0.2) is 0 Å². The van der Waals surface area contributed by atoms with Gasteiger partial charge >= 0.3 is 0 Å². The molecule has 1 fully saturated rings. The molecule has 1 atom stereocenters. The SMILES string of the molecule is CC(c1ccc2c(Cl)ccnc2c1)N1CCNCC1. The first-order chi connectivity index (χ1) is 9.25. The van der Waals surface area contributed by atoms with Gasteiger partial charge in [-0.2, -0.15) is 0 Å². The molecule has 1 aliphatic rings. The van der Waals surface area contributed by atoms with Crippen LogP contribution in [0.2, 0.25) is 5.02 Å². The van der Waals surface area contributed by atoms with Crippen LogP contribution in [-0.2, 0) is 0 Å². The summed E-state index contributed by atoms with van der Waals surface area (Å²) in [6.07, 6.45) is 1.77. The number of fused-ring (bicyclic) bond motifs is 1. The van der Waals surface area contributed by atoms with Crippen molar-refractivity contribution in [2.45, 2.75) is 13.0 Å². The summed E-state index contributed by atoms with van der Waals surface area (Å²) in [6.45, 7) is 6.60. The first kappa shape index (κ1) is 12.9. The maximum Gasteiger partial charge on any atom is 0.0720 e. The molecule has 2 aromatic rings. The Kier molecular flexibility index (Phi) is 3.69. The second-order valence-corrected chi connectivity index (χ2v) is 5.44. The van der Waals surface area contributed by atoms with Crippen LogP contribution in [0, 0.1) is 0 Å². The molecule has 1 aliphatic heterocycles. The van der Waals surface area contributed by atoms with E-state index in [9.17, 15) is 0 Å². The molecule has 3 nitrogen and oxygen atoms in total. The van der Waals surface area contributed by atoms with E-state index in [1.165, 1.54) is 5.56 Å². The van der Waals surface area contributed by atoms with Gasteiger partial charge in [0.15, 0.2) is 0 Å². The zero-order valence-electron chi connectivity index (χ0n) is 11.1. The number of benzene rings is 1. The van der Waals surface area contributed by atoms with Gasteiger partial charge < -0.3 is 5.32 Å². The molecular formula is C15H18ClN3. The lowest BCUT2D eigenvalue weighted by atomic mass is 10.0. The van der Waals surface area contributed by atoms with Gasteiger partial charge in [0.1, 0.15) is 0 Å². The van der Waals surface area contributed by atoms with E-state index in [0.29, 0.717) is 6.04 Å². The highest BCUT2D eigenvalue weighted by Gasteiger charge is 2.18. The van der Waals surface area contributed by atoms with Gasteiger partial charge in [-0.15, -0.1) is 0 Å². The molecule has 1 N–H and O–H groups in total. The number of aromatic nitrogens is 1. The number of hydrogen-bond donors (Lipinski definition) is 1. The number of hydrogen-bond acceptors (Lipinski definition) is 3. The Labute approximate surface area is 118 Å². The number of piperazine rings is 1. The lowest BCUT2D eigenvalue weighted by Crippen LogP contribution is -2.44. The molecule has 0 bridgehead atoms.